The van der Waals surface area contributed by atoms with E-state index in [1.807, 2.05) is 53.1 Å². The van der Waals surface area contributed by atoms with Gasteiger partial charge in [0.05, 0.1) is 24.4 Å². The number of fused-ring (bicyclic) bond motifs is 1. The topological polar surface area (TPSA) is 52.8 Å². The Morgan fingerprint density at radius 3 is 2.12 bits per heavy atom. The molecule has 1 amide bonds. The summed E-state index contributed by atoms with van der Waals surface area (Å²) in [5, 5.41) is 0. The first kappa shape index (κ1) is 22.6. The number of hydrogen-bond donors (Lipinski definition) is 0. The number of carbonyl (C=O) groups is 1. The lowest BCUT2D eigenvalue weighted by Crippen LogP contribution is -2.17. The molecule has 5 nitrogen and oxygen atoms in total. The Balaban J connectivity index is 1.75. The fraction of sp³-hybridized carbons (Fsp3) is 0.185. The fourth-order valence-corrected chi connectivity index (χ4v) is 4.98. The molecular weight excluding hydrogens is 432 g/mol. The Hall–Kier alpha value is -3.64. The molecule has 0 radical (unpaired) electrons. The van der Waals surface area contributed by atoms with Crippen molar-refractivity contribution >= 4 is 27.5 Å². The number of thiazole rings is 1. The van der Waals surface area contributed by atoms with Crippen LogP contribution >= 0.6 is 11.3 Å². The van der Waals surface area contributed by atoms with Crippen molar-refractivity contribution in [2.24, 2.45) is 4.99 Å². The van der Waals surface area contributed by atoms with Crippen molar-refractivity contribution in [3.05, 3.63) is 101 Å². The van der Waals surface area contributed by atoms with Crippen LogP contribution in [0.1, 0.15) is 23.5 Å². The van der Waals surface area contributed by atoms with Crippen molar-refractivity contribution in [2.45, 2.75) is 18.9 Å². The highest BCUT2D eigenvalue weighted by molar-refractivity contribution is 7.16. The molecule has 0 saturated heterocycles. The summed E-state index contributed by atoms with van der Waals surface area (Å²) in [6.07, 6.45) is 2.08. The van der Waals surface area contributed by atoms with Crippen molar-refractivity contribution in [3.8, 4) is 11.5 Å². The number of allylic oxidation sites excluding steroid dienone is 1. The fourth-order valence-electron chi connectivity index (χ4n) is 3.91. The number of aromatic nitrogens is 1. The zero-order valence-electron chi connectivity index (χ0n) is 18.7. The highest BCUT2D eigenvalue weighted by atomic mass is 32.1. The average molecular weight is 459 g/mol. The maximum absolute atomic E-state index is 13.2. The molecule has 168 valence electrons. The summed E-state index contributed by atoms with van der Waals surface area (Å²) in [5.74, 6) is 1.04. The lowest BCUT2D eigenvalue weighted by Gasteiger charge is -2.16. The molecule has 0 aliphatic carbocycles. The minimum atomic E-state index is -0.170. The van der Waals surface area contributed by atoms with E-state index in [2.05, 4.69) is 35.8 Å². The standard InChI is InChI=1S/C27H26N2O3S/c1-4-15-29-22-17-23(31-2)24(32-3)18-25(22)33-27(29)28-26(30)16-21(19-11-7-5-8-12-19)20-13-9-6-10-14-20/h4-14,17-18,21H,1,15-16H2,2-3H3. The van der Waals surface area contributed by atoms with E-state index in [1.54, 1.807) is 20.3 Å². The Bertz CT molecular complexity index is 1280. The molecule has 4 aromatic rings. The van der Waals surface area contributed by atoms with Gasteiger partial charge in [0.2, 0.25) is 5.91 Å². The van der Waals surface area contributed by atoms with Crippen LogP contribution in [-0.2, 0) is 11.3 Å². The van der Waals surface area contributed by atoms with Crippen molar-refractivity contribution in [2.75, 3.05) is 14.2 Å². The third-order valence-electron chi connectivity index (χ3n) is 5.50. The van der Waals surface area contributed by atoms with E-state index in [0.29, 0.717) is 22.8 Å². The van der Waals surface area contributed by atoms with Crippen LogP contribution in [0.3, 0.4) is 0 Å². The molecule has 0 saturated carbocycles. The first-order chi connectivity index (χ1) is 16.1. The molecular formula is C27H26N2O3S. The number of ether oxygens (including phenoxy) is 2. The van der Waals surface area contributed by atoms with Crippen molar-refractivity contribution in [1.29, 1.82) is 0 Å². The van der Waals surface area contributed by atoms with Crippen LogP contribution in [0.25, 0.3) is 10.2 Å². The van der Waals surface area contributed by atoms with E-state index in [4.69, 9.17) is 9.47 Å². The molecule has 0 fully saturated rings. The van der Waals surface area contributed by atoms with E-state index < -0.39 is 0 Å². The highest BCUT2D eigenvalue weighted by Crippen LogP contribution is 2.33. The Morgan fingerprint density at radius 1 is 1.00 bits per heavy atom. The second kappa shape index (κ2) is 10.3. The van der Waals surface area contributed by atoms with Crippen LogP contribution in [0.5, 0.6) is 11.5 Å². The minimum Gasteiger partial charge on any atom is -0.493 e. The molecule has 4 rings (SSSR count). The summed E-state index contributed by atoms with van der Waals surface area (Å²) < 4.78 is 13.8. The summed E-state index contributed by atoms with van der Waals surface area (Å²) in [5.41, 5.74) is 3.11. The van der Waals surface area contributed by atoms with Crippen LogP contribution in [0.15, 0.2) is 90.4 Å². The number of amides is 1. The quantitative estimate of drug-likeness (QED) is 0.325. The predicted molar refractivity (Wildman–Crippen MR) is 133 cm³/mol. The third-order valence-corrected chi connectivity index (χ3v) is 6.54. The monoisotopic (exact) mass is 458 g/mol. The normalized spacial score (nSPS) is 11.7. The summed E-state index contributed by atoms with van der Waals surface area (Å²) in [6, 6.07) is 24.0. The van der Waals surface area contributed by atoms with Crippen LogP contribution in [0.2, 0.25) is 0 Å². The lowest BCUT2D eigenvalue weighted by atomic mass is 9.88. The second-order valence-electron chi connectivity index (χ2n) is 7.54. The van der Waals surface area contributed by atoms with Gasteiger partial charge in [-0.05, 0) is 11.1 Å². The van der Waals surface area contributed by atoms with E-state index in [9.17, 15) is 4.79 Å². The van der Waals surface area contributed by atoms with Gasteiger partial charge in [-0.25, -0.2) is 0 Å². The summed E-state index contributed by atoms with van der Waals surface area (Å²) >= 11 is 1.45. The Morgan fingerprint density at radius 2 is 1.58 bits per heavy atom. The molecule has 0 aliphatic rings. The summed E-state index contributed by atoms with van der Waals surface area (Å²) in [7, 11) is 3.22. The largest absolute Gasteiger partial charge is 0.493 e. The van der Waals surface area contributed by atoms with Crippen LogP contribution in [0.4, 0.5) is 0 Å². The van der Waals surface area contributed by atoms with Crippen molar-refractivity contribution < 1.29 is 14.3 Å². The van der Waals surface area contributed by atoms with Gasteiger partial charge in [0, 0.05) is 31.0 Å². The van der Waals surface area contributed by atoms with Crippen molar-refractivity contribution in [1.82, 2.24) is 4.57 Å². The van der Waals surface area contributed by atoms with E-state index >= 15 is 0 Å². The number of carbonyl (C=O) groups excluding carboxylic acids is 1. The van der Waals surface area contributed by atoms with Gasteiger partial charge in [-0.15, -0.1) is 6.58 Å². The third kappa shape index (κ3) is 4.91. The molecule has 0 atom stereocenters. The lowest BCUT2D eigenvalue weighted by molar-refractivity contribution is -0.118. The molecule has 0 unspecified atom stereocenters. The zero-order valence-corrected chi connectivity index (χ0v) is 19.5. The van der Waals surface area contributed by atoms with Crippen LogP contribution < -0.4 is 14.3 Å². The smallest absolute Gasteiger partial charge is 0.249 e. The van der Waals surface area contributed by atoms with Gasteiger partial charge in [-0.1, -0.05) is 78.1 Å². The highest BCUT2D eigenvalue weighted by Gasteiger charge is 2.19. The van der Waals surface area contributed by atoms with Gasteiger partial charge in [-0.3, -0.25) is 4.79 Å². The first-order valence-electron chi connectivity index (χ1n) is 10.7. The van der Waals surface area contributed by atoms with Gasteiger partial charge >= 0.3 is 0 Å². The molecule has 0 aliphatic heterocycles. The molecule has 0 N–H and O–H groups in total. The maximum atomic E-state index is 13.2. The van der Waals surface area contributed by atoms with E-state index in [0.717, 1.165) is 21.3 Å². The Labute approximate surface area is 197 Å². The molecule has 1 heterocycles. The maximum Gasteiger partial charge on any atom is 0.249 e. The first-order valence-corrected chi connectivity index (χ1v) is 11.5. The molecule has 6 heteroatoms. The number of benzene rings is 3. The van der Waals surface area contributed by atoms with Crippen LogP contribution in [-0.4, -0.2) is 24.7 Å². The molecule has 1 aromatic heterocycles. The van der Waals surface area contributed by atoms with E-state index in [1.165, 1.54) is 11.3 Å². The second-order valence-corrected chi connectivity index (χ2v) is 8.55. The van der Waals surface area contributed by atoms with Crippen LogP contribution in [0, 0.1) is 0 Å². The summed E-state index contributed by atoms with van der Waals surface area (Å²) in [4.78, 5) is 18.4. The SMILES string of the molecule is C=CCn1c(=NC(=O)CC(c2ccccc2)c2ccccc2)sc2cc(OC)c(OC)cc21. The van der Waals surface area contributed by atoms with E-state index in [-0.39, 0.29) is 18.2 Å². The van der Waals surface area contributed by atoms with Gasteiger partial charge in [-0.2, -0.15) is 4.99 Å². The minimum absolute atomic E-state index is 0.0638. The molecule has 0 spiro atoms. The van der Waals surface area contributed by atoms with Gasteiger partial charge in [0.15, 0.2) is 16.3 Å². The average Bonchev–Trinajstić information content (AvgIpc) is 3.18. The number of rotatable bonds is 8. The van der Waals surface area contributed by atoms with Crippen molar-refractivity contribution in [3.63, 3.8) is 0 Å². The van der Waals surface area contributed by atoms with Gasteiger partial charge < -0.3 is 14.0 Å². The number of hydrogen-bond acceptors (Lipinski definition) is 4. The molecule has 3 aromatic carbocycles. The summed E-state index contributed by atoms with van der Waals surface area (Å²) in [6.45, 7) is 4.40. The molecule has 0 bridgehead atoms. The zero-order chi connectivity index (χ0) is 23.2. The Kier molecular flexibility index (Phi) is 7.05. The molecule has 33 heavy (non-hydrogen) atoms. The van der Waals surface area contributed by atoms with Gasteiger partial charge in [0.25, 0.3) is 0 Å². The number of methoxy groups -OCH3 is 2. The predicted octanol–water partition coefficient (Wildman–Crippen LogP) is 5.56. The number of nitrogens with zero attached hydrogens (tertiary/aromatic N) is 2. The van der Waals surface area contributed by atoms with Gasteiger partial charge in [0.1, 0.15) is 0 Å².